The molecule has 0 aliphatic carbocycles. The van der Waals surface area contributed by atoms with E-state index < -0.39 is 10.0 Å². The fraction of sp³-hybridized carbons (Fsp3) is 0.190. The molecule has 0 saturated carbocycles. The molecule has 1 aromatic heterocycles. The van der Waals surface area contributed by atoms with E-state index >= 15 is 0 Å². The number of halogens is 1. The Balaban J connectivity index is 1.51. The van der Waals surface area contributed by atoms with Gasteiger partial charge in [-0.15, -0.1) is 11.3 Å². The SMILES string of the molecule is O=C(c1ccccc1-c1ccccc1)N1CCN(S(=O)(=O)c2ccc(Br)s2)CC1. The van der Waals surface area contributed by atoms with Gasteiger partial charge in [0.15, 0.2) is 0 Å². The molecule has 0 unspecified atom stereocenters. The van der Waals surface area contributed by atoms with Crippen molar-refractivity contribution in [3.05, 3.63) is 76.1 Å². The van der Waals surface area contributed by atoms with Crippen LogP contribution in [0.15, 0.2) is 74.7 Å². The number of nitrogens with zero attached hydrogens (tertiary/aromatic N) is 2. The van der Waals surface area contributed by atoms with E-state index in [1.54, 1.807) is 17.0 Å². The quantitative estimate of drug-likeness (QED) is 0.546. The van der Waals surface area contributed by atoms with Gasteiger partial charge in [0.25, 0.3) is 15.9 Å². The first kappa shape index (κ1) is 20.3. The van der Waals surface area contributed by atoms with E-state index in [9.17, 15) is 13.2 Å². The van der Waals surface area contributed by atoms with Crippen molar-refractivity contribution < 1.29 is 13.2 Å². The van der Waals surface area contributed by atoms with Gasteiger partial charge in [-0.05, 0) is 45.3 Å². The maximum Gasteiger partial charge on any atom is 0.254 e. The van der Waals surface area contributed by atoms with Crippen LogP contribution in [0.5, 0.6) is 0 Å². The van der Waals surface area contributed by atoms with E-state index in [0.717, 1.165) is 14.9 Å². The summed E-state index contributed by atoms with van der Waals surface area (Å²) in [4.78, 5) is 14.9. The topological polar surface area (TPSA) is 57.7 Å². The smallest absolute Gasteiger partial charge is 0.254 e. The van der Waals surface area contributed by atoms with Crippen LogP contribution >= 0.6 is 27.3 Å². The summed E-state index contributed by atoms with van der Waals surface area (Å²) in [5.74, 6) is -0.0691. The van der Waals surface area contributed by atoms with Crippen LogP contribution in [0, 0.1) is 0 Å². The van der Waals surface area contributed by atoms with Gasteiger partial charge in [0, 0.05) is 31.7 Å². The number of amides is 1. The van der Waals surface area contributed by atoms with Crippen molar-refractivity contribution in [3.63, 3.8) is 0 Å². The van der Waals surface area contributed by atoms with Crippen LogP contribution in [0.3, 0.4) is 0 Å². The normalized spacial score (nSPS) is 15.4. The summed E-state index contributed by atoms with van der Waals surface area (Å²) in [7, 11) is -3.52. The molecule has 0 spiro atoms. The van der Waals surface area contributed by atoms with E-state index in [1.807, 2.05) is 54.6 Å². The molecule has 29 heavy (non-hydrogen) atoms. The molecular weight excluding hydrogens is 472 g/mol. The molecule has 1 amide bonds. The zero-order valence-electron chi connectivity index (χ0n) is 15.5. The molecule has 3 aromatic rings. The minimum Gasteiger partial charge on any atom is -0.336 e. The predicted molar refractivity (Wildman–Crippen MR) is 119 cm³/mol. The van der Waals surface area contributed by atoms with Crippen molar-refractivity contribution in [1.82, 2.24) is 9.21 Å². The molecule has 2 aromatic carbocycles. The molecule has 0 radical (unpaired) electrons. The lowest BCUT2D eigenvalue weighted by molar-refractivity contribution is 0.0699. The number of carbonyl (C=O) groups excluding carboxylic acids is 1. The van der Waals surface area contributed by atoms with Gasteiger partial charge < -0.3 is 4.90 Å². The summed E-state index contributed by atoms with van der Waals surface area (Å²) in [5.41, 5.74) is 2.51. The van der Waals surface area contributed by atoms with Gasteiger partial charge in [-0.25, -0.2) is 8.42 Å². The standard InChI is InChI=1S/C21H19BrN2O3S2/c22-19-10-11-20(28-19)29(26,27)24-14-12-23(13-15-24)21(25)18-9-5-4-8-17(18)16-6-2-1-3-7-16/h1-11H,12-15H2. The Labute approximate surface area is 182 Å². The molecule has 1 aliphatic heterocycles. The first-order valence-corrected chi connectivity index (χ1v) is 12.2. The summed E-state index contributed by atoms with van der Waals surface area (Å²) < 4.78 is 28.2. The van der Waals surface area contributed by atoms with Crippen LogP contribution in [-0.2, 0) is 10.0 Å². The zero-order valence-corrected chi connectivity index (χ0v) is 18.7. The minimum absolute atomic E-state index is 0.0691. The lowest BCUT2D eigenvalue weighted by atomic mass is 9.99. The summed E-state index contributed by atoms with van der Waals surface area (Å²) in [6, 6.07) is 20.7. The molecule has 1 saturated heterocycles. The van der Waals surface area contributed by atoms with Gasteiger partial charge in [0.1, 0.15) is 4.21 Å². The summed E-state index contributed by atoms with van der Waals surface area (Å²) in [6.07, 6.45) is 0. The number of rotatable bonds is 4. The fourth-order valence-corrected chi connectivity index (χ4v) is 6.99. The Morgan fingerprint density at radius 3 is 2.17 bits per heavy atom. The molecule has 5 nitrogen and oxygen atoms in total. The van der Waals surface area contributed by atoms with Crippen molar-refractivity contribution in [2.75, 3.05) is 26.2 Å². The number of sulfonamides is 1. The van der Waals surface area contributed by atoms with Gasteiger partial charge in [-0.2, -0.15) is 4.31 Å². The van der Waals surface area contributed by atoms with E-state index in [1.165, 1.54) is 15.6 Å². The molecule has 0 bridgehead atoms. The van der Waals surface area contributed by atoms with Crippen LogP contribution in [0.4, 0.5) is 0 Å². The maximum atomic E-state index is 13.2. The van der Waals surface area contributed by atoms with Crippen molar-refractivity contribution in [3.8, 4) is 11.1 Å². The largest absolute Gasteiger partial charge is 0.336 e. The second kappa shape index (κ2) is 8.39. The third-order valence-electron chi connectivity index (χ3n) is 4.91. The van der Waals surface area contributed by atoms with E-state index in [4.69, 9.17) is 0 Å². The summed E-state index contributed by atoms with van der Waals surface area (Å²) in [5, 5.41) is 0. The second-order valence-electron chi connectivity index (χ2n) is 6.67. The molecule has 0 N–H and O–H groups in total. The van der Waals surface area contributed by atoms with Crippen LogP contribution in [-0.4, -0.2) is 49.7 Å². The van der Waals surface area contributed by atoms with E-state index in [-0.39, 0.29) is 19.0 Å². The minimum atomic E-state index is -3.52. The molecule has 4 rings (SSSR count). The highest BCUT2D eigenvalue weighted by atomic mass is 79.9. The number of piperazine rings is 1. The Morgan fingerprint density at radius 1 is 0.862 bits per heavy atom. The van der Waals surface area contributed by atoms with Crippen molar-refractivity contribution in [2.45, 2.75) is 4.21 Å². The van der Waals surface area contributed by atoms with Crippen LogP contribution in [0.25, 0.3) is 11.1 Å². The van der Waals surface area contributed by atoms with Gasteiger partial charge in [0.2, 0.25) is 0 Å². The lowest BCUT2D eigenvalue weighted by Gasteiger charge is -2.34. The molecule has 8 heteroatoms. The number of benzene rings is 2. The van der Waals surface area contributed by atoms with Crippen LogP contribution < -0.4 is 0 Å². The first-order chi connectivity index (χ1) is 14.0. The Hall–Kier alpha value is -2.00. The van der Waals surface area contributed by atoms with Gasteiger partial charge in [-0.3, -0.25) is 4.79 Å². The monoisotopic (exact) mass is 490 g/mol. The zero-order chi connectivity index (χ0) is 20.4. The molecule has 0 atom stereocenters. The average Bonchev–Trinajstić information content (AvgIpc) is 3.21. The number of hydrogen-bond acceptors (Lipinski definition) is 4. The van der Waals surface area contributed by atoms with Crippen LogP contribution in [0.1, 0.15) is 10.4 Å². The van der Waals surface area contributed by atoms with E-state index in [0.29, 0.717) is 22.9 Å². The fourth-order valence-electron chi connectivity index (χ4n) is 3.40. The van der Waals surface area contributed by atoms with Crippen LogP contribution in [0.2, 0.25) is 0 Å². The van der Waals surface area contributed by atoms with Crippen molar-refractivity contribution in [1.29, 1.82) is 0 Å². The summed E-state index contributed by atoms with van der Waals surface area (Å²) >= 11 is 4.51. The van der Waals surface area contributed by atoms with E-state index in [2.05, 4.69) is 15.9 Å². The second-order valence-corrected chi connectivity index (χ2v) is 11.3. The highest BCUT2D eigenvalue weighted by molar-refractivity contribution is 9.11. The van der Waals surface area contributed by atoms with Gasteiger partial charge >= 0.3 is 0 Å². The summed E-state index contributed by atoms with van der Waals surface area (Å²) in [6.45, 7) is 1.32. The van der Waals surface area contributed by atoms with Gasteiger partial charge in [-0.1, -0.05) is 48.5 Å². The predicted octanol–water partition coefficient (Wildman–Crippen LogP) is 4.32. The Bertz CT molecular complexity index is 1120. The molecule has 1 aliphatic rings. The number of hydrogen-bond donors (Lipinski definition) is 0. The van der Waals surface area contributed by atoms with Gasteiger partial charge in [0.05, 0.1) is 3.79 Å². The molecular formula is C21H19BrN2O3S2. The molecule has 150 valence electrons. The third-order valence-corrected chi connectivity index (χ3v) is 8.90. The molecule has 2 heterocycles. The highest BCUT2D eigenvalue weighted by Crippen LogP contribution is 2.29. The highest BCUT2D eigenvalue weighted by Gasteiger charge is 2.31. The Kier molecular flexibility index (Phi) is 5.87. The third kappa shape index (κ3) is 4.16. The molecule has 1 fully saturated rings. The van der Waals surface area contributed by atoms with Crippen molar-refractivity contribution in [2.24, 2.45) is 0 Å². The first-order valence-electron chi connectivity index (χ1n) is 9.16. The average molecular weight is 491 g/mol. The number of thiophene rings is 1. The lowest BCUT2D eigenvalue weighted by Crippen LogP contribution is -2.50. The Morgan fingerprint density at radius 2 is 1.52 bits per heavy atom. The maximum absolute atomic E-state index is 13.2. The van der Waals surface area contributed by atoms with Crippen molar-refractivity contribution >= 4 is 43.2 Å². The number of carbonyl (C=O) groups is 1.